The molecule has 0 heterocycles. The van der Waals surface area contributed by atoms with E-state index < -0.39 is 12.1 Å². The first-order chi connectivity index (χ1) is 22.2. The molecule has 3 aromatic rings. The fourth-order valence-electron chi connectivity index (χ4n) is 4.93. The quantitative estimate of drug-likeness (QED) is 0.0974. The Balaban J connectivity index is 1.73. The third-order valence-corrected chi connectivity index (χ3v) is 9.72. The van der Waals surface area contributed by atoms with Crippen LogP contribution in [0.2, 0.25) is 0 Å². The Morgan fingerprint density at radius 3 is 2.34 bits per heavy atom. The molecular formula is C38H52N2O6S. The van der Waals surface area contributed by atoms with E-state index in [9.17, 15) is 19.5 Å². The van der Waals surface area contributed by atoms with Gasteiger partial charge in [-0.2, -0.15) is 0 Å². The molecule has 0 saturated heterocycles. The van der Waals surface area contributed by atoms with Crippen LogP contribution in [0.5, 0.6) is 5.75 Å². The van der Waals surface area contributed by atoms with Gasteiger partial charge in [0.1, 0.15) is 5.75 Å². The maximum absolute atomic E-state index is 13.3. The Morgan fingerprint density at radius 2 is 1.68 bits per heavy atom. The molecule has 0 aromatic heterocycles. The number of carboxylic acid groups (broad SMARTS) is 1. The lowest BCUT2D eigenvalue weighted by Crippen LogP contribution is -2.26. The first kappa shape index (κ1) is 37.7. The molecule has 0 atom stereocenters. The maximum Gasteiger partial charge on any atom is 0.411 e. The molecule has 256 valence electrons. The molecule has 8 nitrogen and oxygen atoms in total. The van der Waals surface area contributed by atoms with E-state index in [2.05, 4.69) is 70.4 Å². The van der Waals surface area contributed by atoms with Crippen LogP contribution in [0.15, 0.2) is 53.4 Å². The Kier molecular flexibility index (Phi) is 13.6. The number of rotatable bonds is 17. The maximum atomic E-state index is 13.3. The van der Waals surface area contributed by atoms with E-state index in [1.807, 2.05) is 19.9 Å². The van der Waals surface area contributed by atoms with Crippen molar-refractivity contribution in [2.45, 2.75) is 96.8 Å². The van der Waals surface area contributed by atoms with Crippen LogP contribution in [0.3, 0.4) is 0 Å². The van der Waals surface area contributed by atoms with Crippen molar-refractivity contribution in [3.63, 3.8) is 0 Å². The van der Waals surface area contributed by atoms with Crippen molar-refractivity contribution in [1.82, 2.24) is 5.32 Å². The van der Waals surface area contributed by atoms with Gasteiger partial charge in [0, 0.05) is 33.7 Å². The average molecular weight is 665 g/mol. The van der Waals surface area contributed by atoms with Gasteiger partial charge >= 0.3 is 12.1 Å². The van der Waals surface area contributed by atoms with E-state index >= 15 is 0 Å². The van der Waals surface area contributed by atoms with Crippen LogP contribution in [0, 0.1) is 5.92 Å². The van der Waals surface area contributed by atoms with E-state index in [0.29, 0.717) is 41.5 Å². The zero-order valence-corrected chi connectivity index (χ0v) is 30.1. The lowest BCUT2D eigenvalue weighted by molar-refractivity contribution is -0.136. The van der Waals surface area contributed by atoms with Crippen molar-refractivity contribution >= 4 is 46.2 Å². The molecule has 3 N–H and O–H groups in total. The van der Waals surface area contributed by atoms with Crippen LogP contribution in [0.4, 0.5) is 10.5 Å². The number of nitrogens with one attached hydrogen (secondary N) is 2. The van der Waals surface area contributed by atoms with Crippen molar-refractivity contribution in [3.05, 3.63) is 65.2 Å². The lowest BCUT2D eigenvalue weighted by Gasteiger charge is -2.30. The van der Waals surface area contributed by atoms with Crippen LogP contribution >= 0.6 is 11.8 Å². The molecule has 0 aliphatic heterocycles. The molecule has 0 aliphatic carbocycles. The predicted octanol–water partition coefficient (Wildman–Crippen LogP) is 9.19. The summed E-state index contributed by atoms with van der Waals surface area (Å²) in [5.74, 6) is 0.250. The molecular weight excluding hydrogens is 612 g/mol. The molecule has 0 spiro atoms. The number of thioether (sulfide) groups is 1. The summed E-state index contributed by atoms with van der Waals surface area (Å²) in [6.45, 7) is 18.5. The number of anilines is 1. The lowest BCUT2D eigenvalue weighted by atomic mass is 9.76. The summed E-state index contributed by atoms with van der Waals surface area (Å²) in [7, 11) is 0. The Hall–Kier alpha value is -3.72. The molecule has 3 rings (SSSR count). The van der Waals surface area contributed by atoms with Gasteiger partial charge in [0.15, 0.2) is 0 Å². The zero-order chi connectivity index (χ0) is 34.8. The number of aliphatic carboxylic acids is 1. The van der Waals surface area contributed by atoms with E-state index in [1.165, 1.54) is 22.9 Å². The zero-order valence-electron chi connectivity index (χ0n) is 29.2. The largest absolute Gasteiger partial charge is 0.493 e. The topological polar surface area (TPSA) is 114 Å². The van der Waals surface area contributed by atoms with Crippen molar-refractivity contribution < 1.29 is 29.0 Å². The summed E-state index contributed by atoms with van der Waals surface area (Å²) < 4.78 is 11.6. The molecule has 9 heteroatoms. The first-order valence-electron chi connectivity index (χ1n) is 16.6. The van der Waals surface area contributed by atoms with Gasteiger partial charge in [-0.25, -0.2) is 4.79 Å². The average Bonchev–Trinajstić information content (AvgIpc) is 3.03. The van der Waals surface area contributed by atoms with Gasteiger partial charge in [0.2, 0.25) is 0 Å². The number of carbonyl (C=O) groups excluding carboxylic acids is 2. The highest BCUT2D eigenvalue weighted by Crippen LogP contribution is 2.39. The van der Waals surface area contributed by atoms with Gasteiger partial charge in [-0.05, 0) is 71.2 Å². The number of hydrogen-bond acceptors (Lipinski definition) is 6. The second-order valence-corrected chi connectivity index (χ2v) is 14.8. The fraction of sp³-hybridized carbons (Fsp3) is 0.500. The second kappa shape index (κ2) is 16.9. The molecule has 0 radical (unpaired) electrons. The monoisotopic (exact) mass is 664 g/mol. The molecule has 47 heavy (non-hydrogen) atoms. The van der Waals surface area contributed by atoms with Crippen molar-refractivity contribution in [1.29, 1.82) is 0 Å². The van der Waals surface area contributed by atoms with Crippen molar-refractivity contribution in [3.8, 4) is 5.75 Å². The molecule has 2 amide bonds. The molecule has 0 fully saturated rings. The molecule has 0 bridgehead atoms. The van der Waals surface area contributed by atoms with Gasteiger partial charge in [-0.1, -0.05) is 79.7 Å². The third kappa shape index (κ3) is 10.6. The Bertz CT molecular complexity index is 1550. The standard InChI is InChI=1S/C38H52N2O6S/c1-9-37(5,6)28-15-16-31(29(23-28)38(7,8)10-2)45-19-12-18-39-35(43)27-21-26-13-11-14-30(40-36(44)46-24-25(3)4)34(26)32(22-27)47-20-17-33(41)42/h11,13-16,21-23,25H,9-10,12,17-20,24H2,1-8H3,(H,39,43)(H,40,44)(H,41,42). The number of benzene rings is 3. The van der Waals surface area contributed by atoms with Crippen LogP contribution in [0.25, 0.3) is 10.8 Å². The highest BCUT2D eigenvalue weighted by molar-refractivity contribution is 7.99. The van der Waals surface area contributed by atoms with E-state index in [1.54, 1.807) is 24.3 Å². The summed E-state index contributed by atoms with van der Waals surface area (Å²) in [6.07, 6.45) is 2.05. The van der Waals surface area contributed by atoms with Crippen molar-refractivity contribution in [2.24, 2.45) is 5.92 Å². The molecule has 0 saturated carbocycles. The summed E-state index contributed by atoms with van der Waals surface area (Å²) in [4.78, 5) is 37.7. The summed E-state index contributed by atoms with van der Waals surface area (Å²) in [5, 5.41) is 16.5. The predicted molar refractivity (Wildman–Crippen MR) is 192 cm³/mol. The van der Waals surface area contributed by atoms with Crippen molar-refractivity contribution in [2.75, 3.05) is 30.8 Å². The summed E-state index contributed by atoms with van der Waals surface area (Å²) >= 11 is 1.33. The van der Waals surface area contributed by atoms with Gasteiger partial charge in [-0.3, -0.25) is 14.9 Å². The number of carbonyl (C=O) groups is 3. The normalized spacial score (nSPS) is 11.9. The minimum atomic E-state index is -0.903. The Labute approximate surface area is 284 Å². The van der Waals surface area contributed by atoms with Crippen LogP contribution in [0.1, 0.15) is 103 Å². The third-order valence-electron chi connectivity index (χ3n) is 8.68. The van der Waals surface area contributed by atoms with Gasteiger partial charge in [0.25, 0.3) is 5.91 Å². The number of fused-ring (bicyclic) bond motifs is 1. The summed E-state index contributed by atoms with van der Waals surface area (Å²) in [6, 6.07) is 15.5. The minimum absolute atomic E-state index is 0.0369. The van der Waals surface area contributed by atoms with Crippen LogP contribution in [-0.2, 0) is 20.4 Å². The minimum Gasteiger partial charge on any atom is -0.493 e. The molecule has 0 unspecified atom stereocenters. The second-order valence-electron chi connectivity index (χ2n) is 13.6. The van der Waals surface area contributed by atoms with E-state index in [0.717, 1.165) is 29.4 Å². The van der Waals surface area contributed by atoms with Crippen LogP contribution in [-0.4, -0.2) is 48.6 Å². The van der Waals surface area contributed by atoms with Gasteiger partial charge in [0.05, 0.1) is 25.3 Å². The molecule has 0 aliphatic rings. The highest BCUT2D eigenvalue weighted by atomic mass is 32.2. The first-order valence-corrected chi connectivity index (χ1v) is 17.6. The number of ether oxygens (including phenoxy) is 2. The van der Waals surface area contributed by atoms with E-state index in [-0.39, 0.29) is 35.7 Å². The summed E-state index contributed by atoms with van der Waals surface area (Å²) in [5.41, 5.74) is 3.54. The van der Waals surface area contributed by atoms with Gasteiger partial charge in [-0.15, -0.1) is 11.8 Å². The highest BCUT2D eigenvalue weighted by Gasteiger charge is 2.26. The van der Waals surface area contributed by atoms with Gasteiger partial charge < -0.3 is 19.9 Å². The number of amides is 2. The Morgan fingerprint density at radius 1 is 0.957 bits per heavy atom. The fourth-order valence-corrected chi connectivity index (χ4v) is 6.01. The molecule has 3 aromatic carbocycles. The number of hydrogen-bond donors (Lipinski definition) is 3. The SMILES string of the molecule is CCC(C)(C)c1ccc(OCCCNC(=O)c2cc(SCCC(=O)O)c3c(NC(=O)OCC(C)C)cccc3c2)c(C(C)(C)CC)c1. The van der Waals surface area contributed by atoms with Crippen LogP contribution < -0.4 is 15.4 Å². The van der Waals surface area contributed by atoms with E-state index in [4.69, 9.17) is 9.47 Å². The number of carboxylic acids is 1. The smallest absolute Gasteiger partial charge is 0.411 e.